The fourth-order valence-corrected chi connectivity index (χ4v) is 14.8. The van der Waals surface area contributed by atoms with E-state index in [1.807, 2.05) is 76.2 Å². The molecule has 0 bridgehead atoms. The molecule has 0 saturated carbocycles. The predicted molar refractivity (Wildman–Crippen MR) is 477 cm³/mol. The van der Waals surface area contributed by atoms with Gasteiger partial charge in [0, 0.05) is 33.6 Å². The molecule has 0 aliphatic carbocycles. The Morgan fingerprint density at radius 3 is 0.772 bits per heavy atom. The van der Waals surface area contributed by atoms with Crippen molar-refractivity contribution in [3.8, 4) is 45.6 Å². The van der Waals surface area contributed by atoms with E-state index in [2.05, 4.69) is 136 Å². The first-order valence-electron chi connectivity index (χ1n) is 40.2. The SMILES string of the molecule is CN1C(=O)c2ccc(C(C)(c3ccc4c(c3)C(=O)N(C)C4=O)C(F)(F)F)cc2C1=O.CN1C(=O)c2ccc(Oc3ccc4c(c3)C(=O)N(C)C4=O)cc2C1=O.Cc1c(C)c(C)c(C)c(C)c1C.Cc1cc(C(C)(C)c2ccc(O)c(C)c2)ccc1O.Cc1cc(C)c(C)c(C)c1C.Cc1cc(C)c(C)cc1C.Cc1ccc(-c2ccc(C)c(O)c2)cc1O. The van der Waals surface area contributed by atoms with E-state index in [0.717, 1.165) is 95.3 Å². The van der Waals surface area contributed by atoms with Gasteiger partial charge < -0.3 is 25.2 Å². The Morgan fingerprint density at radius 1 is 0.244 bits per heavy atom. The van der Waals surface area contributed by atoms with E-state index in [1.165, 1.54) is 148 Å². The average Bonchev–Trinajstić information content (AvgIpc) is 1.70. The Kier molecular flexibility index (Phi) is 27.9. The van der Waals surface area contributed by atoms with Crippen LogP contribution in [0.4, 0.5) is 13.2 Å². The lowest BCUT2D eigenvalue weighted by Crippen LogP contribution is -2.41. The Labute approximate surface area is 719 Å². The van der Waals surface area contributed by atoms with Crippen LogP contribution in [0.1, 0.15) is 232 Å². The van der Waals surface area contributed by atoms with E-state index >= 15 is 0 Å². The number of fused-ring (bicyclic) bond motifs is 4. The van der Waals surface area contributed by atoms with E-state index in [4.69, 9.17) is 4.74 Å². The summed E-state index contributed by atoms with van der Waals surface area (Å²) in [4.78, 5) is 100. The number of amides is 8. The number of carbonyl (C=O) groups excluding carboxylic acids is 8. The summed E-state index contributed by atoms with van der Waals surface area (Å²) in [6, 6.07) is 45.2. The lowest BCUT2D eigenvalue weighted by molar-refractivity contribution is -0.173. The quantitative estimate of drug-likeness (QED) is 0.109. The van der Waals surface area contributed by atoms with Crippen molar-refractivity contribution in [2.24, 2.45) is 0 Å². The van der Waals surface area contributed by atoms with Gasteiger partial charge in [-0.1, -0.05) is 92.7 Å². The summed E-state index contributed by atoms with van der Waals surface area (Å²) in [5.74, 6) is -2.09. The maximum Gasteiger partial charge on any atom is 0.402 e. The van der Waals surface area contributed by atoms with Crippen LogP contribution >= 0.6 is 0 Å². The lowest BCUT2D eigenvalue weighted by atomic mass is 9.74. The summed E-state index contributed by atoms with van der Waals surface area (Å²) in [5.41, 5.74) is 26.8. The van der Waals surface area contributed by atoms with Crippen LogP contribution in [0, 0.1) is 132 Å². The summed E-state index contributed by atoms with van der Waals surface area (Å²) < 4.78 is 48.8. The summed E-state index contributed by atoms with van der Waals surface area (Å²) in [7, 11) is 5.36. The zero-order chi connectivity index (χ0) is 91.7. The molecule has 11 aromatic carbocycles. The summed E-state index contributed by atoms with van der Waals surface area (Å²) in [6.07, 6.45) is -4.80. The van der Waals surface area contributed by atoms with Crippen molar-refractivity contribution in [2.45, 2.75) is 169 Å². The van der Waals surface area contributed by atoms with Crippen molar-refractivity contribution in [2.75, 3.05) is 28.2 Å². The molecule has 4 N–H and O–H groups in total. The van der Waals surface area contributed by atoms with Gasteiger partial charge in [-0.15, -0.1) is 0 Å². The van der Waals surface area contributed by atoms with Gasteiger partial charge in [-0.3, -0.25) is 58.0 Å². The molecular weight excluding hydrogens is 1560 g/mol. The summed E-state index contributed by atoms with van der Waals surface area (Å²) in [5, 5.41) is 38.5. The van der Waals surface area contributed by atoms with Gasteiger partial charge in [0.25, 0.3) is 47.3 Å². The predicted octanol–water partition coefficient (Wildman–Crippen LogP) is 22.0. The maximum atomic E-state index is 14.4. The number of alkyl halides is 3. The van der Waals surface area contributed by atoms with Crippen LogP contribution in [0.3, 0.4) is 0 Å². The van der Waals surface area contributed by atoms with Gasteiger partial charge >= 0.3 is 6.18 Å². The van der Waals surface area contributed by atoms with Crippen molar-refractivity contribution in [3.05, 3.63) is 336 Å². The summed E-state index contributed by atoms with van der Waals surface area (Å²) >= 11 is 0. The number of nitrogens with zero attached hydrogens (tertiary/aromatic N) is 4. The second-order valence-electron chi connectivity index (χ2n) is 33.1. The Morgan fingerprint density at radius 2 is 0.496 bits per heavy atom. The zero-order valence-corrected chi connectivity index (χ0v) is 75.0. The van der Waals surface area contributed by atoms with Gasteiger partial charge in [-0.2, -0.15) is 13.2 Å². The number of hydrogen-bond donors (Lipinski definition) is 4. The maximum absolute atomic E-state index is 14.4. The molecule has 123 heavy (non-hydrogen) atoms. The van der Waals surface area contributed by atoms with E-state index in [9.17, 15) is 72.0 Å². The number of rotatable bonds is 7. The number of hydrogen-bond acceptors (Lipinski definition) is 13. The van der Waals surface area contributed by atoms with Crippen molar-refractivity contribution in [3.63, 3.8) is 0 Å². The van der Waals surface area contributed by atoms with Crippen LogP contribution in [0.15, 0.2) is 164 Å². The first kappa shape index (κ1) is 93.6. The zero-order valence-electron chi connectivity index (χ0n) is 75.0. The number of benzene rings is 11. The van der Waals surface area contributed by atoms with Crippen LogP contribution < -0.4 is 4.74 Å². The smallest absolute Gasteiger partial charge is 0.402 e. The molecule has 0 radical (unpaired) electrons. The average molecular weight is 1670 g/mol. The first-order chi connectivity index (χ1) is 57.3. The van der Waals surface area contributed by atoms with E-state index < -0.39 is 35.2 Å². The third-order valence-corrected chi connectivity index (χ3v) is 25.1. The first-order valence-corrected chi connectivity index (χ1v) is 40.2. The fourth-order valence-electron chi connectivity index (χ4n) is 14.8. The largest absolute Gasteiger partial charge is 0.508 e. The molecule has 17 nitrogen and oxygen atoms in total. The molecule has 11 aromatic rings. The third kappa shape index (κ3) is 19.0. The minimum Gasteiger partial charge on any atom is -0.508 e. The minimum absolute atomic E-state index is 0.0344. The molecule has 640 valence electrons. The third-order valence-electron chi connectivity index (χ3n) is 25.1. The van der Waals surface area contributed by atoms with Crippen molar-refractivity contribution < 1.29 is 76.7 Å². The van der Waals surface area contributed by atoms with Gasteiger partial charge in [0.1, 0.15) is 39.9 Å². The highest BCUT2D eigenvalue weighted by molar-refractivity contribution is 6.23. The van der Waals surface area contributed by atoms with Gasteiger partial charge in [0.2, 0.25) is 0 Å². The van der Waals surface area contributed by atoms with Crippen molar-refractivity contribution in [1.29, 1.82) is 0 Å². The Balaban J connectivity index is 0.000000169. The molecule has 4 aliphatic rings. The number of imide groups is 4. The molecule has 4 aliphatic heterocycles. The Bertz CT molecular complexity index is 5700. The number of carbonyl (C=O) groups is 8. The van der Waals surface area contributed by atoms with Crippen LogP contribution in [0.2, 0.25) is 0 Å². The molecule has 0 unspecified atom stereocenters. The van der Waals surface area contributed by atoms with Crippen LogP contribution in [-0.4, -0.2) is 122 Å². The van der Waals surface area contributed by atoms with E-state index in [1.54, 1.807) is 36.4 Å². The molecular formula is C103H109F3N4O13. The minimum atomic E-state index is -4.80. The normalized spacial score (nSPS) is 13.1. The molecule has 0 atom stereocenters. The number of aromatic hydroxyl groups is 4. The van der Waals surface area contributed by atoms with Crippen LogP contribution in [0.25, 0.3) is 11.1 Å². The second kappa shape index (κ2) is 36.6. The molecule has 0 saturated heterocycles. The number of aryl methyl sites for hydroxylation is 10. The number of halogens is 3. The highest BCUT2D eigenvalue weighted by atomic mass is 19.4. The molecule has 0 aromatic heterocycles. The van der Waals surface area contributed by atoms with Crippen molar-refractivity contribution in [1.82, 2.24) is 19.6 Å². The van der Waals surface area contributed by atoms with Gasteiger partial charge in [-0.25, -0.2) is 0 Å². The number of ether oxygens (including phenoxy) is 1. The van der Waals surface area contributed by atoms with Crippen LogP contribution in [-0.2, 0) is 10.8 Å². The highest BCUT2D eigenvalue weighted by Gasteiger charge is 2.55. The standard InChI is InChI=1S/C21H15F3N2O4.C18H12N2O5.C17H20O2.C14H14O2.C12H18.C11H16.C10H14/c1-20(21(22,23)24,10-4-6-12-14(8-10)18(29)25(2)16(12)27)11-5-7-13-15(9-11)19(30)26(3)17(13)28;1-19-15(21)11-5-3-9(7-13(11)17(19)23)25-10-4-6-12-14(8-10)18(24)20(2)16(12)22;1-11-9-13(5-7-15(11)18)17(3,4)14-6-8-16(19)12(2)10-14;1-9-3-5-11(7-13(9)15)12-6-4-10(2)14(16)8-12;1-7-8(2)10(4)12(6)11(5)9(7)3;1-7-6-8(2)10(4)11(5)9(7)3;1-7-5-9(3)10(4)6-8(7)2/h4-9H,1-3H3;3-8H,1-2H3;5-10,18-19H,1-4H3;3-8,15-16H,1-2H3;1-6H3;6H,1-5H3;5-6H,1-4H3. The van der Waals surface area contributed by atoms with Gasteiger partial charge in [0.05, 0.1) is 44.5 Å². The van der Waals surface area contributed by atoms with Crippen molar-refractivity contribution >= 4 is 47.3 Å². The van der Waals surface area contributed by atoms with Gasteiger partial charge in [0.15, 0.2) is 0 Å². The molecule has 4 heterocycles. The molecule has 8 amide bonds. The van der Waals surface area contributed by atoms with E-state index in [-0.39, 0.29) is 85.1 Å². The summed E-state index contributed by atoms with van der Waals surface area (Å²) in [6.45, 7) is 45.6. The number of phenols is 4. The van der Waals surface area contributed by atoms with Crippen LogP contribution in [0.5, 0.6) is 34.5 Å². The van der Waals surface area contributed by atoms with E-state index in [0.29, 0.717) is 34.1 Å². The topological polar surface area (TPSA) is 240 Å². The molecule has 20 heteroatoms. The second-order valence-corrected chi connectivity index (χ2v) is 33.1. The number of phenolic OH excluding ortho intramolecular Hbond substituents is 4. The monoisotopic (exact) mass is 1670 g/mol. The molecule has 15 rings (SSSR count). The van der Waals surface area contributed by atoms with Gasteiger partial charge in [-0.05, 0) is 362 Å². The fraction of sp³-hybridized carbons (Fsp3) is 0.282. The molecule has 0 fully saturated rings. The highest BCUT2D eigenvalue weighted by Crippen LogP contribution is 2.48. The Hall–Kier alpha value is -13.2. The molecule has 0 spiro atoms. The lowest BCUT2D eigenvalue weighted by Gasteiger charge is -2.33.